The van der Waals surface area contributed by atoms with Crippen LogP contribution in [0.25, 0.3) is 0 Å². The largest absolute Gasteiger partial charge is 0.480 e. The van der Waals surface area contributed by atoms with E-state index in [0.29, 0.717) is 5.92 Å². The maximum absolute atomic E-state index is 11.7. The van der Waals surface area contributed by atoms with Crippen LogP contribution in [0.1, 0.15) is 39.0 Å². The van der Waals surface area contributed by atoms with E-state index < -0.39 is 18.0 Å². The first-order valence-corrected chi connectivity index (χ1v) is 6.45. The Kier molecular flexibility index (Phi) is 5.91. The minimum absolute atomic E-state index is 0.0168. The number of rotatable bonds is 5. The molecule has 0 aromatic carbocycles. The van der Waals surface area contributed by atoms with Gasteiger partial charge in [0, 0.05) is 19.1 Å². The lowest BCUT2D eigenvalue weighted by molar-refractivity contribution is -0.139. The molecule has 6 heteroatoms. The van der Waals surface area contributed by atoms with E-state index in [0.717, 1.165) is 19.3 Å². The number of hydrogen-bond acceptors (Lipinski definition) is 3. The van der Waals surface area contributed by atoms with Crippen LogP contribution < -0.4 is 10.6 Å². The molecule has 2 amide bonds. The van der Waals surface area contributed by atoms with E-state index >= 15 is 0 Å². The van der Waals surface area contributed by atoms with Crippen molar-refractivity contribution in [3.05, 3.63) is 0 Å². The molecule has 4 N–H and O–H groups in total. The Morgan fingerprint density at radius 1 is 1.33 bits per heavy atom. The third-order valence-electron chi connectivity index (χ3n) is 3.45. The number of aliphatic hydroxyl groups excluding tert-OH is 1. The lowest BCUT2D eigenvalue weighted by Gasteiger charge is -2.30. The molecule has 0 spiro atoms. The summed E-state index contributed by atoms with van der Waals surface area (Å²) in [5.74, 6) is -0.707. The Labute approximate surface area is 107 Å². The zero-order chi connectivity index (χ0) is 13.5. The summed E-state index contributed by atoms with van der Waals surface area (Å²) in [6.07, 6.45) is 4.32. The predicted octanol–water partition coefficient (Wildman–Crippen LogP) is 0.700. The van der Waals surface area contributed by atoms with Gasteiger partial charge >= 0.3 is 12.0 Å². The molecule has 1 saturated carbocycles. The molecule has 0 aromatic heterocycles. The minimum atomic E-state index is -1.13. The number of aliphatic carboxylic acids is 1. The number of carboxylic acids is 1. The van der Waals surface area contributed by atoms with Crippen LogP contribution in [0.15, 0.2) is 0 Å². The van der Waals surface area contributed by atoms with Crippen LogP contribution in [0.3, 0.4) is 0 Å². The summed E-state index contributed by atoms with van der Waals surface area (Å²) in [5, 5.41) is 22.8. The average Bonchev–Trinajstić information content (AvgIpc) is 2.31. The Bertz CT molecular complexity index is 296. The normalized spacial score (nSPS) is 25.2. The van der Waals surface area contributed by atoms with Crippen molar-refractivity contribution in [1.82, 2.24) is 10.6 Å². The molecule has 2 unspecified atom stereocenters. The van der Waals surface area contributed by atoms with Crippen LogP contribution in [-0.4, -0.2) is 40.9 Å². The number of aliphatic hydroxyl groups is 1. The highest BCUT2D eigenvalue weighted by Gasteiger charge is 2.25. The van der Waals surface area contributed by atoms with Gasteiger partial charge in [-0.2, -0.15) is 0 Å². The second-order valence-electron chi connectivity index (χ2n) is 4.89. The molecule has 6 nitrogen and oxygen atoms in total. The van der Waals surface area contributed by atoms with E-state index in [-0.39, 0.29) is 19.1 Å². The molecule has 3 atom stereocenters. The molecular weight excluding hydrogens is 236 g/mol. The summed E-state index contributed by atoms with van der Waals surface area (Å²) in [5.41, 5.74) is 0. The van der Waals surface area contributed by atoms with Crippen molar-refractivity contribution in [3.63, 3.8) is 0 Å². The number of carboxylic acid groups (broad SMARTS) is 1. The van der Waals surface area contributed by atoms with Crippen LogP contribution in [0.5, 0.6) is 0 Å². The Hall–Kier alpha value is -1.30. The monoisotopic (exact) mass is 258 g/mol. The second kappa shape index (κ2) is 7.20. The van der Waals surface area contributed by atoms with Gasteiger partial charge in [0.05, 0.1) is 0 Å². The highest BCUT2D eigenvalue weighted by atomic mass is 16.4. The standard InChI is InChI=1S/C12H22N2O4/c1-8-4-2-3-5-9(8)13-12(18)14-10(6-7-15)11(16)17/h8-10,15H,2-7H2,1H3,(H,16,17)(H2,13,14,18)/t8?,9?,10-/m0/s1. The van der Waals surface area contributed by atoms with Crippen molar-refractivity contribution < 1.29 is 19.8 Å². The highest BCUT2D eigenvalue weighted by Crippen LogP contribution is 2.23. The van der Waals surface area contributed by atoms with E-state index in [1.54, 1.807) is 0 Å². The summed E-state index contributed by atoms with van der Waals surface area (Å²) in [6.45, 7) is 1.82. The van der Waals surface area contributed by atoms with Crippen LogP contribution in [0.2, 0.25) is 0 Å². The van der Waals surface area contributed by atoms with Crippen molar-refractivity contribution in [1.29, 1.82) is 0 Å². The molecule has 0 radical (unpaired) electrons. The number of amides is 2. The minimum Gasteiger partial charge on any atom is -0.480 e. The summed E-state index contributed by atoms with van der Waals surface area (Å²) >= 11 is 0. The molecular formula is C12H22N2O4. The summed E-state index contributed by atoms with van der Waals surface area (Å²) in [7, 11) is 0. The van der Waals surface area contributed by atoms with Gasteiger partial charge < -0.3 is 20.8 Å². The molecule has 1 aliphatic rings. The van der Waals surface area contributed by atoms with Crippen molar-refractivity contribution in [2.75, 3.05) is 6.61 Å². The maximum atomic E-state index is 11.7. The quantitative estimate of drug-likeness (QED) is 0.583. The molecule has 0 aromatic rings. The highest BCUT2D eigenvalue weighted by molar-refractivity contribution is 5.82. The maximum Gasteiger partial charge on any atom is 0.326 e. The van der Waals surface area contributed by atoms with Gasteiger partial charge in [0.1, 0.15) is 6.04 Å². The van der Waals surface area contributed by atoms with Gasteiger partial charge in [-0.25, -0.2) is 9.59 Å². The summed E-state index contributed by atoms with van der Waals surface area (Å²) in [6, 6.07) is -1.38. The number of nitrogens with one attached hydrogen (secondary N) is 2. The fraction of sp³-hybridized carbons (Fsp3) is 0.833. The fourth-order valence-electron chi connectivity index (χ4n) is 2.29. The molecule has 1 aliphatic carbocycles. The zero-order valence-electron chi connectivity index (χ0n) is 10.7. The van der Waals surface area contributed by atoms with Gasteiger partial charge in [0.15, 0.2) is 0 Å². The van der Waals surface area contributed by atoms with E-state index in [2.05, 4.69) is 17.6 Å². The number of urea groups is 1. The molecule has 0 aliphatic heterocycles. The lowest BCUT2D eigenvalue weighted by Crippen LogP contribution is -2.51. The summed E-state index contributed by atoms with van der Waals surface area (Å²) in [4.78, 5) is 22.5. The van der Waals surface area contributed by atoms with Gasteiger partial charge in [-0.3, -0.25) is 0 Å². The van der Waals surface area contributed by atoms with Crippen LogP contribution in [-0.2, 0) is 4.79 Å². The first kappa shape index (κ1) is 14.8. The topological polar surface area (TPSA) is 98.7 Å². The van der Waals surface area contributed by atoms with Crippen LogP contribution >= 0.6 is 0 Å². The van der Waals surface area contributed by atoms with Gasteiger partial charge in [-0.15, -0.1) is 0 Å². The molecule has 1 fully saturated rings. The van der Waals surface area contributed by atoms with Crippen molar-refractivity contribution in [3.8, 4) is 0 Å². The second-order valence-corrected chi connectivity index (χ2v) is 4.89. The Morgan fingerprint density at radius 2 is 2.00 bits per heavy atom. The molecule has 18 heavy (non-hydrogen) atoms. The number of hydrogen-bond donors (Lipinski definition) is 4. The van der Waals surface area contributed by atoms with Gasteiger partial charge in [-0.05, 0) is 18.8 Å². The SMILES string of the molecule is CC1CCCCC1NC(=O)N[C@@H](CCO)C(=O)O. The molecule has 0 heterocycles. The first-order chi connectivity index (χ1) is 8.54. The van der Waals surface area contributed by atoms with Crippen molar-refractivity contribution >= 4 is 12.0 Å². The Balaban J connectivity index is 2.41. The zero-order valence-corrected chi connectivity index (χ0v) is 10.7. The van der Waals surface area contributed by atoms with E-state index in [1.807, 2.05) is 0 Å². The molecule has 104 valence electrons. The first-order valence-electron chi connectivity index (χ1n) is 6.45. The van der Waals surface area contributed by atoms with Gasteiger partial charge in [-0.1, -0.05) is 19.8 Å². The van der Waals surface area contributed by atoms with E-state index in [1.165, 1.54) is 6.42 Å². The number of carbonyl (C=O) groups is 2. The fourth-order valence-corrected chi connectivity index (χ4v) is 2.29. The third-order valence-corrected chi connectivity index (χ3v) is 3.45. The lowest BCUT2D eigenvalue weighted by atomic mass is 9.86. The third kappa shape index (κ3) is 4.52. The van der Waals surface area contributed by atoms with Gasteiger partial charge in [0.25, 0.3) is 0 Å². The van der Waals surface area contributed by atoms with Crippen LogP contribution in [0.4, 0.5) is 4.79 Å². The summed E-state index contributed by atoms with van der Waals surface area (Å²) < 4.78 is 0. The van der Waals surface area contributed by atoms with Crippen molar-refractivity contribution in [2.45, 2.75) is 51.1 Å². The number of carbonyl (C=O) groups excluding carboxylic acids is 1. The van der Waals surface area contributed by atoms with Crippen LogP contribution in [0, 0.1) is 5.92 Å². The average molecular weight is 258 g/mol. The molecule has 0 bridgehead atoms. The Morgan fingerprint density at radius 3 is 2.56 bits per heavy atom. The smallest absolute Gasteiger partial charge is 0.326 e. The van der Waals surface area contributed by atoms with Gasteiger partial charge in [0.2, 0.25) is 0 Å². The van der Waals surface area contributed by atoms with E-state index in [4.69, 9.17) is 10.2 Å². The van der Waals surface area contributed by atoms with Crippen molar-refractivity contribution in [2.24, 2.45) is 5.92 Å². The molecule has 0 saturated heterocycles. The predicted molar refractivity (Wildman–Crippen MR) is 66.2 cm³/mol. The van der Waals surface area contributed by atoms with E-state index in [9.17, 15) is 9.59 Å². The molecule has 1 rings (SSSR count).